The number of alkyl carbamates (subject to hydrolysis) is 1. The summed E-state index contributed by atoms with van der Waals surface area (Å²) in [5.74, 6) is -1.09. The fourth-order valence-corrected chi connectivity index (χ4v) is 3.19. The second kappa shape index (κ2) is 10.3. The fourth-order valence-electron chi connectivity index (χ4n) is 3.19. The van der Waals surface area contributed by atoms with Gasteiger partial charge in [0.25, 0.3) is 0 Å². The number of fused-ring (bicyclic) bond motifs is 1. The van der Waals surface area contributed by atoms with E-state index in [1.807, 2.05) is 54.6 Å². The Labute approximate surface area is 179 Å². The van der Waals surface area contributed by atoms with Gasteiger partial charge in [0.1, 0.15) is 18.7 Å². The van der Waals surface area contributed by atoms with Crippen LogP contribution in [0.4, 0.5) is 4.79 Å². The smallest absolute Gasteiger partial charge is 0.408 e. The van der Waals surface area contributed by atoms with Gasteiger partial charge in [0.2, 0.25) is 5.91 Å². The summed E-state index contributed by atoms with van der Waals surface area (Å²) in [5, 5.41) is 6.13. The summed E-state index contributed by atoms with van der Waals surface area (Å²) in [4.78, 5) is 40.1. The van der Waals surface area contributed by atoms with Gasteiger partial charge in [0.15, 0.2) is 0 Å². The number of hydrogen-bond acceptors (Lipinski definition) is 5. The molecule has 1 unspecified atom stereocenters. The van der Waals surface area contributed by atoms with Gasteiger partial charge in [0.05, 0.1) is 7.11 Å². The van der Waals surface area contributed by atoms with Crippen molar-refractivity contribution in [2.24, 2.45) is 0 Å². The number of ether oxygens (including phenoxy) is 2. The molecular weight excluding hydrogens is 398 g/mol. The Morgan fingerprint density at radius 2 is 1.71 bits per heavy atom. The van der Waals surface area contributed by atoms with Crippen molar-refractivity contribution in [2.45, 2.75) is 32.0 Å². The lowest BCUT2D eigenvalue weighted by atomic mass is 10.0. The normalized spacial score (nSPS) is 12.6. The standard InChI is InChI=1S/C23H25N3O5/c1-15(22(28)30-2)25-21(27)20(12-17-13-24-19-11-7-6-10-18(17)19)26-23(29)31-14-16-8-4-3-5-9-16/h3-11,13,15,20,24H,12,14H2,1-2H3,(H,25,27)(H,26,29)/t15?,20-/m1/s1. The van der Waals surface area contributed by atoms with Gasteiger partial charge in [-0.1, -0.05) is 48.5 Å². The quantitative estimate of drug-likeness (QED) is 0.483. The molecule has 0 saturated carbocycles. The maximum absolute atomic E-state index is 12.8. The molecular formula is C23H25N3O5. The van der Waals surface area contributed by atoms with Crippen molar-refractivity contribution in [1.29, 1.82) is 0 Å². The van der Waals surface area contributed by atoms with Gasteiger partial charge in [-0.05, 0) is 24.1 Å². The number of esters is 1. The molecule has 0 aliphatic carbocycles. The lowest BCUT2D eigenvalue weighted by Crippen LogP contribution is -2.52. The van der Waals surface area contributed by atoms with Crippen LogP contribution in [0.5, 0.6) is 0 Å². The van der Waals surface area contributed by atoms with Crippen LogP contribution in [0.2, 0.25) is 0 Å². The molecule has 0 bridgehead atoms. The molecule has 0 radical (unpaired) electrons. The number of hydrogen-bond donors (Lipinski definition) is 3. The SMILES string of the molecule is COC(=O)C(C)NC(=O)[C@@H](Cc1c[nH]c2ccccc12)NC(=O)OCc1ccccc1. The van der Waals surface area contributed by atoms with E-state index in [-0.39, 0.29) is 13.0 Å². The Bertz CT molecular complexity index is 1050. The first-order chi connectivity index (χ1) is 15.0. The number of aromatic amines is 1. The molecule has 0 aliphatic rings. The molecule has 162 valence electrons. The molecule has 2 amide bonds. The summed E-state index contributed by atoms with van der Waals surface area (Å²) in [6, 6.07) is 15.1. The summed E-state index contributed by atoms with van der Waals surface area (Å²) >= 11 is 0. The number of methoxy groups -OCH3 is 1. The third-order valence-electron chi connectivity index (χ3n) is 4.83. The monoisotopic (exact) mass is 423 g/mol. The molecule has 0 spiro atoms. The summed E-state index contributed by atoms with van der Waals surface area (Å²) in [5.41, 5.74) is 2.60. The Balaban J connectivity index is 1.72. The molecule has 3 rings (SSSR count). The first-order valence-electron chi connectivity index (χ1n) is 9.88. The maximum Gasteiger partial charge on any atom is 0.408 e. The number of benzene rings is 2. The van der Waals surface area contributed by atoms with Gasteiger partial charge in [-0.3, -0.25) is 4.79 Å². The lowest BCUT2D eigenvalue weighted by Gasteiger charge is -2.20. The van der Waals surface area contributed by atoms with Crippen LogP contribution in [0.3, 0.4) is 0 Å². The topological polar surface area (TPSA) is 110 Å². The van der Waals surface area contributed by atoms with Crippen molar-refractivity contribution in [1.82, 2.24) is 15.6 Å². The van der Waals surface area contributed by atoms with E-state index in [2.05, 4.69) is 20.4 Å². The predicted octanol–water partition coefficient (Wildman–Crippen LogP) is 2.68. The molecule has 0 aliphatic heterocycles. The number of nitrogens with one attached hydrogen (secondary N) is 3. The van der Waals surface area contributed by atoms with Crippen LogP contribution in [0.25, 0.3) is 10.9 Å². The number of para-hydroxylation sites is 1. The van der Waals surface area contributed by atoms with Crippen molar-refractivity contribution >= 4 is 28.9 Å². The van der Waals surface area contributed by atoms with Crippen molar-refractivity contribution < 1.29 is 23.9 Å². The summed E-state index contributed by atoms with van der Waals surface area (Å²) in [6.45, 7) is 1.59. The van der Waals surface area contributed by atoms with E-state index in [1.165, 1.54) is 14.0 Å². The molecule has 31 heavy (non-hydrogen) atoms. The Morgan fingerprint density at radius 1 is 1.00 bits per heavy atom. The van der Waals surface area contributed by atoms with Gasteiger partial charge < -0.3 is 25.1 Å². The fraction of sp³-hybridized carbons (Fsp3) is 0.261. The van der Waals surface area contributed by atoms with Gasteiger partial charge in [0, 0.05) is 23.5 Å². The van der Waals surface area contributed by atoms with E-state index in [0.29, 0.717) is 0 Å². The zero-order chi connectivity index (χ0) is 22.2. The molecule has 1 heterocycles. The third-order valence-corrected chi connectivity index (χ3v) is 4.83. The van der Waals surface area contributed by atoms with Gasteiger partial charge >= 0.3 is 12.1 Å². The van der Waals surface area contributed by atoms with E-state index in [9.17, 15) is 14.4 Å². The van der Waals surface area contributed by atoms with Gasteiger partial charge in [-0.15, -0.1) is 0 Å². The molecule has 0 saturated heterocycles. The number of aromatic nitrogens is 1. The van der Waals surface area contributed by atoms with E-state index in [0.717, 1.165) is 22.0 Å². The van der Waals surface area contributed by atoms with Crippen LogP contribution in [0.15, 0.2) is 60.8 Å². The number of rotatable bonds is 8. The minimum Gasteiger partial charge on any atom is -0.467 e. The second-order valence-corrected chi connectivity index (χ2v) is 7.08. The first-order valence-corrected chi connectivity index (χ1v) is 9.88. The first kappa shape index (κ1) is 21.9. The molecule has 8 nitrogen and oxygen atoms in total. The van der Waals surface area contributed by atoms with E-state index in [4.69, 9.17) is 4.74 Å². The average Bonchev–Trinajstić information content (AvgIpc) is 3.20. The summed E-state index contributed by atoms with van der Waals surface area (Å²) < 4.78 is 9.91. The van der Waals surface area contributed by atoms with E-state index < -0.39 is 30.1 Å². The Morgan fingerprint density at radius 3 is 2.45 bits per heavy atom. The lowest BCUT2D eigenvalue weighted by molar-refractivity contribution is -0.144. The van der Waals surface area contributed by atoms with Gasteiger partial charge in [-0.25, -0.2) is 9.59 Å². The molecule has 2 atom stereocenters. The van der Waals surface area contributed by atoms with Crippen LogP contribution in [0.1, 0.15) is 18.1 Å². The van der Waals surface area contributed by atoms with Crippen LogP contribution >= 0.6 is 0 Å². The van der Waals surface area contributed by atoms with Crippen LogP contribution in [-0.4, -0.2) is 42.1 Å². The van der Waals surface area contributed by atoms with E-state index >= 15 is 0 Å². The highest BCUT2D eigenvalue weighted by Crippen LogP contribution is 2.19. The molecule has 3 N–H and O–H groups in total. The highest BCUT2D eigenvalue weighted by Gasteiger charge is 2.26. The highest BCUT2D eigenvalue weighted by atomic mass is 16.5. The number of carbonyl (C=O) groups excluding carboxylic acids is 3. The largest absolute Gasteiger partial charge is 0.467 e. The minimum atomic E-state index is -0.949. The Kier molecular flexibility index (Phi) is 7.26. The zero-order valence-electron chi connectivity index (χ0n) is 17.4. The van der Waals surface area contributed by atoms with E-state index in [1.54, 1.807) is 6.20 Å². The number of carbonyl (C=O) groups is 3. The minimum absolute atomic E-state index is 0.0761. The molecule has 2 aromatic carbocycles. The molecule has 1 aromatic heterocycles. The second-order valence-electron chi connectivity index (χ2n) is 7.08. The van der Waals surface area contributed by atoms with Crippen molar-refractivity contribution in [3.05, 3.63) is 71.9 Å². The van der Waals surface area contributed by atoms with Gasteiger partial charge in [-0.2, -0.15) is 0 Å². The van der Waals surface area contributed by atoms with Crippen molar-refractivity contribution in [3.63, 3.8) is 0 Å². The van der Waals surface area contributed by atoms with Crippen LogP contribution in [-0.2, 0) is 32.1 Å². The van der Waals surface area contributed by atoms with Crippen LogP contribution in [0, 0.1) is 0 Å². The predicted molar refractivity (Wildman–Crippen MR) is 115 cm³/mol. The summed E-state index contributed by atoms with van der Waals surface area (Å²) in [7, 11) is 1.24. The molecule has 8 heteroatoms. The van der Waals surface area contributed by atoms with Crippen molar-refractivity contribution in [3.8, 4) is 0 Å². The third kappa shape index (κ3) is 5.85. The maximum atomic E-state index is 12.8. The highest BCUT2D eigenvalue weighted by molar-refractivity contribution is 5.91. The molecule has 3 aromatic rings. The Hall–Kier alpha value is -3.81. The molecule has 0 fully saturated rings. The average molecular weight is 423 g/mol. The summed E-state index contributed by atoms with van der Waals surface area (Å²) in [6.07, 6.45) is 1.28. The zero-order valence-corrected chi connectivity index (χ0v) is 17.4. The number of H-pyrrole nitrogens is 1. The number of amides is 2. The van der Waals surface area contributed by atoms with Crippen LogP contribution < -0.4 is 10.6 Å². The van der Waals surface area contributed by atoms with Crippen molar-refractivity contribution in [2.75, 3.05) is 7.11 Å².